The quantitative estimate of drug-likeness (QED) is 0.782. The third-order valence-electron chi connectivity index (χ3n) is 3.33. The van der Waals surface area contributed by atoms with Gasteiger partial charge in [-0.3, -0.25) is 14.6 Å². The van der Waals surface area contributed by atoms with Gasteiger partial charge in [-0.2, -0.15) is 0 Å². The molecular weight excluding hydrogens is 344 g/mol. The van der Waals surface area contributed by atoms with E-state index in [2.05, 4.69) is 10.3 Å². The molecule has 0 spiro atoms. The van der Waals surface area contributed by atoms with Crippen molar-refractivity contribution < 1.29 is 22.7 Å². The molecule has 0 saturated carbocycles. The fraction of sp³-hybridized carbons (Fsp3) is 0.235. The number of esters is 1. The lowest BCUT2D eigenvalue weighted by atomic mass is 10.1. The van der Waals surface area contributed by atoms with E-state index in [1.807, 2.05) is 6.92 Å². The van der Waals surface area contributed by atoms with Crippen molar-refractivity contribution in [1.82, 2.24) is 10.3 Å². The highest BCUT2D eigenvalue weighted by atomic mass is 32.2. The molecule has 0 aliphatic heterocycles. The molecular formula is C17H18N2O5S. The van der Waals surface area contributed by atoms with E-state index >= 15 is 0 Å². The number of hydrogen-bond donors (Lipinski definition) is 1. The lowest BCUT2D eigenvalue weighted by Gasteiger charge is -2.16. The van der Waals surface area contributed by atoms with E-state index < -0.39 is 33.7 Å². The molecule has 2 aromatic rings. The van der Waals surface area contributed by atoms with E-state index in [0.29, 0.717) is 5.56 Å². The Morgan fingerprint density at radius 1 is 1.20 bits per heavy atom. The fourth-order valence-corrected chi connectivity index (χ4v) is 3.11. The highest BCUT2D eigenvalue weighted by molar-refractivity contribution is 7.91. The van der Waals surface area contributed by atoms with Gasteiger partial charge >= 0.3 is 5.97 Å². The van der Waals surface area contributed by atoms with Crippen molar-refractivity contribution in [3.05, 3.63) is 59.9 Å². The Labute approximate surface area is 146 Å². The predicted octanol–water partition coefficient (Wildman–Crippen LogP) is 1.54. The SMILES string of the molecule is CC(=O)O[C@@H](C(=O)NCS(=O)(=O)c1ccc(C)cc1)c1cccnc1. The molecule has 0 bridgehead atoms. The zero-order chi connectivity index (χ0) is 18.4. The molecule has 0 aliphatic rings. The summed E-state index contributed by atoms with van der Waals surface area (Å²) in [4.78, 5) is 27.5. The number of nitrogens with zero attached hydrogens (tertiary/aromatic N) is 1. The molecule has 1 aromatic heterocycles. The minimum Gasteiger partial charge on any atom is -0.447 e. The second kappa shape index (κ2) is 7.89. The smallest absolute Gasteiger partial charge is 0.303 e. The number of amides is 1. The first-order chi connectivity index (χ1) is 11.8. The number of carbonyl (C=O) groups excluding carboxylic acids is 2. The molecule has 8 heteroatoms. The van der Waals surface area contributed by atoms with Gasteiger partial charge in [0, 0.05) is 24.9 Å². The van der Waals surface area contributed by atoms with Crippen molar-refractivity contribution in [2.45, 2.75) is 24.8 Å². The van der Waals surface area contributed by atoms with Gasteiger partial charge in [0.25, 0.3) is 5.91 Å². The summed E-state index contributed by atoms with van der Waals surface area (Å²) in [5.41, 5.74) is 1.28. The van der Waals surface area contributed by atoms with Crippen LogP contribution in [0.3, 0.4) is 0 Å². The average molecular weight is 362 g/mol. The number of aromatic nitrogens is 1. The summed E-state index contributed by atoms with van der Waals surface area (Å²) in [5, 5.41) is 2.31. The van der Waals surface area contributed by atoms with Gasteiger partial charge in [-0.1, -0.05) is 23.8 Å². The van der Waals surface area contributed by atoms with Crippen molar-refractivity contribution in [2.24, 2.45) is 0 Å². The lowest BCUT2D eigenvalue weighted by molar-refractivity contribution is -0.154. The highest BCUT2D eigenvalue weighted by Gasteiger charge is 2.26. The van der Waals surface area contributed by atoms with E-state index in [1.54, 1.807) is 24.3 Å². The van der Waals surface area contributed by atoms with E-state index in [1.165, 1.54) is 31.5 Å². The summed E-state index contributed by atoms with van der Waals surface area (Å²) >= 11 is 0. The van der Waals surface area contributed by atoms with Gasteiger partial charge in [0.15, 0.2) is 9.84 Å². The molecule has 1 heterocycles. The number of ether oxygens (including phenoxy) is 1. The number of pyridine rings is 1. The molecule has 1 aromatic carbocycles. The summed E-state index contributed by atoms with van der Waals surface area (Å²) in [6.07, 6.45) is 1.62. The summed E-state index contributed by atoms with van der Waals surface area (Å²) < 4.78 is 29.6. The number of carbonyl (C=O) groups is 2. The zero-order valence-corrected chi connectivity index (χ0v) is 14.6. The first kappa shape index (κ1) is 18.6. The van der Waals surface area contributed by atoms with Crippen LogP contribution in [0.5, 0.6) is 0 Å². The number of aryl methyl sites for hydroxylation is 1. The topological polar surface area (TPSA) is 102 Å². The highest BCUT2D eigenvalue weighted by Crippen LogP contribution is 2.17. The Kier molecular flexibility index (Phi) is 5.87. The van der Waals surface area contributed by atoms with Gasteiger partial charge < -0.3 is 10.1 Å². The molecule has 2 rings (SSSR count). The second-order valence-corrected chi connectivity index (χ2v) is 7.38. The number of rotatable bonds is 6. The van der Waals surface area contributed by atoms with Gasteiger partial charge in [-0.15, -0.1) is 0 Å². The Morgan fingerprint density at radius 3 is 2.44 bits per heavy atom. The van der Waals surface area contributed by atoms with Crippen LogP contribution in [0.2, 0.25) is 0 Å². The standard InChI is InChI=1S/C17H18N2O5S/c1-12-5-7-15(8-6-12)25(22,23)11-19-17(21)16(24-13(2)20)14-4-3-9-18-10-14/h3-10,16H,11H2,1-2H3,(H,19,21)/t16-/m1/s1. The molecule has 0 radical (unpaired) electrons. The third-order valence-corrected chi connectivity index (χ3v) is 4.84. The Hall–Kier alpha value is -2.74. The first-order valence-corrected chi connectivity index (χ1v) is 9.09. The molecule has 132 valence electrons. The van der Waals surface area contributed by atoms with E-state index in [4.69, 9.17) is 4.74 Å². The van der Waals surface area contributed by atoms with Crippen LogP contribution in [0, 0.1) is 6.92 Å². The average Bonchev–Trinajstić information content (AvgIpc) is 2.58. The predicted molar refractivity (Wildman–Crippen MR) is 90.1 cm³/mol. The molecule has 0 fully saturated rings. The summed E-state index contributed by atoms with van der Waals surface area (Å²) in [6, 6.07) is 9.44. The second-order valence-electron chi connectivity index (χ2n) is 5.39. The molecule has 0 saturated heterocycles. The lowest BCUT2D eigenvalue weighted by Crippen LogP contribution is -2.35. The number of nitrogens with one attached hydrogen (secondary N) is 1. The van der Waals surface area contributed by atoms with Crippen molar-refractivity contribution in [2.75, 3.05) is 5.88 Å². The van der Waals surface area contributed by atoms with Crippen molar-refractivity contribution in [3.63, 3.8) is 0 Å². The summed E-state index contributed by atoms with van der Waals surface area (Å²) in [7, 11) is -3.70. The van der Waals surface area contributed by atoms with Crippen molar-refractivity contribution in [3.8, 4) is 0 Å². The minimum absolute atomic E-state index is 0.101. The van der Waals surface area contributed by atoms with E-state index in [-0.39, 0.29) is 4.90 Å². The van der Waals surface area contributed by atoms with Gasteiger partial charge in [0.2, 0.25) is 6.10 Å². The maximum atomic E-state index is 12.3. The van der Waals surface area contributed by atoms with Crippen LogP contribution in [0.15, 0.2) is 53.7 Å². The molecule has 0 aliphatic carbocycles. The largest absolute Gasteiger partial charge is 0.447 e. The van der Waals surface area contributed by atoms with E-state index in [9.17, 15) is 18.0 Å². The van der Waals surface area contributed by atoms with Crippen molar-refractivity contribution in [1.29, 1.82) is 0 Å². The number of sulfone groups is 1. The van der Waals surface area contributed by atoms with E-state index in [0.717, 1.165) is 5.56 Å². The van der Waals surface area contributed by atoms with Crippen molar-refractivity contribution >= 4 is 21.7 Å². The molecule has 1 atom stereocenters. The first-order valence-electron chi connectivity index (χ1n) is 7.44. The van der Waals surface area contributed by atoms with Crippen LogP contribution < -0.4 is 5.32 Å². The summed E-state index contributed by atoms with van der Waals surface area (Å²) in [5.74, 6) is -2.00. The zero-order valence-electron chi connectivity index (χ0n) is 13.8. The Balaban J connectivity index is 2.13. The van der Waals surface area contributed by atoms with Gasteiger partial charge in [-0.05, 0) is 25.1 Å². The molecule has 0 unspecified atom stereocenters. The van der Waals surface area contributed by atoms with Crippen LogP contribution in [0.25, 0.3) is 0 Å². The van der Waals surface area contributed by atoms with Gasteiger partial charge in [0.1, 0.15) is 5.88 Å². The molecule has 1 amide bonds. The van der Waals surface area contributed by atoms with Crippen LogP contribution in [0.1, 0.15) is 24.2 Å². The van der Waals surface area contributed by atoms with Crippen LogP contribution in [-0.2, 0) is 24.2 Å². The normalized spacial score (nSPS) is 12.2. The summed E-state index contributed by atoms with van der Waals surface area (Å²) in [6.45, 7) is 3.01. The maximum Gasteiger partial charge on any atom is 0.303 e. The molecule has 1 N–H and O–H groups in total. The fourth-order valence-electron chi connectivity index (χ4n) is 2.06. The third kappa shape index (κ3) is 5.12. The number of hydrogen-bond acceptors (Lipinski definition) is 6. The van der Waals surface area contributed by atoms with Crippen LogP contribution in [-0.4, -0.2) is 31.2 Å². The minimum atomic E-state index is -3.70. The maximum absolute atomic E-state index is 12.3. The monoisotopic (exact) mass is 362 g/mol. The number of benzene rings is 1. The van der Waals surface area contributed by atoms with Crippen LogP contribution >= 0.6 is 0 Å². The van der Waals surface area contributed by atoms with Gasteiger partial charge in [0.05, 0.1) is 4.90 Å². The Bertz CT molecular complexity index is 848. The molecule has 25 heavy (non-hydrogen) atoms. The molecule has 7 nitrogen and oxygen atoms in total. The van der Waals surface area contributed by atoms with Crippen LogP contribution in [0.4, 0.5) is 0 Å². The van der Waals surface area contributed by atoms with Gasteiger partial charge in [-0.25, -0.2) is 8.42 Å². The Morgan fingerprint density at radius 2 is 1.88 bits per heavy atom.